The smallest absolute Gasteiger partial charge is 0.376 e. The van der Waals surface area contributed by atoms with E-state index in [4.69, 9.17) is 4.74 Å². The number of nitrogens with one attached hydrogen (secondary N) is 2. The van der Waals surface area contributed by atoms with Gasteiger partial charge in [-0.25, -0.2) is 4.79 Å². The first-order valence-corrected chi connectivity index (χ1v) is 5.11. The van der Waals surface area contributed by atoms with E-state index in [-0.39, 0.29) is 0 Å². The number of esters is 1. The van der Waals surface area contributed by atoms with Gasteiger partial charge in [-0.1, -0.05) is 0 Å². The summed E-state index contributed by atoms with van der Waals surface area (Å²) < 4.78 is 5.00. The van der Waals surface area contributed by atoms with Gasteiger partial charge in [-0.15, -0.1) is 0 Å². The van der Waals surface area contributed by atoms with E-state index in [0.29, 0.717) is 13.1 Å². The zero-order chi connectivity index (χ0) is 11.5. The summed E-state index contributed by atoms with van der Waals surface area (Å²) in [5.41, 5.74) is -0.616. The van der Waals surface area contributed by atoms with Gasteiger partial charge in [0.25, 0.3) is 5.78 Å². The van der Waals surface area contributed by atoms with E-state index < -0.39 is 23.4 Å². The zero-order valence-electron chi connectivity index (χ0n) is 9.42. The van der Waals surface area contributed by atoms with Gasteiger partial charge in [0.2, 0.25) is 0 Å². The molecule has 1 rings (SSSR count). The Hall–Kier alpha value is -0.940. The van der Waals surface area contributed by atoms with Crippen LogP contribution in [0, 0.1) is 0 Å². The van der Waals surface area contributed by atoms with E-state index in [2.05, 4.69) is 10.6 Å². The molecule has 1 heterocycles. The summed E-state index contributed by atoms with van der Waals surface area (Å²) in [4.78, 5) is 23.0. The number of carbonyl (C=O) groups excluding carboxylic acids is 2. The van der Waals surface area contributed by atoms with Gasteiger partial charge in [0, 0.05) is 19.6 Å². The topological polar surface area (TPSA) is 67.4 Å². The van der Waals surface area contributed by atoms with E-state index in [1.807, 2.05) is 0 Å². The summed E-state index contributed by atoms with van der Waals surface area (Å²) in [5, 5.41) is 6.01. The third-order valence-corrected chi connectivity index (χ3v) is 1.96. The number of hydrogen-bond acceptors (Lipinski definition) is 5. The van der Waals surface area contributed by atoms with Crippen molar-refractivity contribution in [3.8, 4) is 0 Å². The Morgan fingerprint density at radius 3 is 2.40 bits per heavy atom. The fraction of sp³-hybridized carbons (Fsp3) is 0.800. The van der Waals surface area contributed by atoms with Crippen molar-refractivity contribution in [1.82, 2.24) is 10.6 Å². The van der Waals surface area contributed by atoms with E-state index >= 15 is 0 Å². The van der Waals surface area contributed by atoms with Crippen molar-refractivity contribution in [1.29, 1.82) is 0 Å². The van der Waals surface area contributed by atoms with Crippen LogP contribution in [0.4, 0.5) is 0 Å². The minimum Gasteiger partial charge on any atom is -0.454 e. The van der Waals surface area contributed by atoms with Crippen LogP contribution in [0.3, 0.4) is 0 Å². The molecular weight excluding hydrogens is 196 g/mol. The second kappa shape index (κ2) is 4.72. The van der Waals surface area contributed by atoms with E-state index in [0.717, 1.165) is 6.54 Å². The van der Waals surface area contributed by atoms with Gasteiger partial charge in [-0.05, 0) is 20.8 Å². The molecule has 0 aromatic carbocycles. The zero-order valence-corrected chi connectivity index (χ0v) is 9.42. The predicted molar refractivity (Wildman–Crippen MR) is 55.5 cm³/mol. The van der Waals surface area contributed by atoms with Crippen molar-refractivity contribution < 1.29 is 14.3 Å². The molecule has 0 aromatic heterocycles. The fourth-order valence-corrected chi connectivity index (χ4v) is 1.31. The Labute approximate surface area is 89.6 Å². The molecule has 1 fully saturated rings. The summed E-state index contributed by atoms with van der Waals surface area (Å²) >= 11 is 0. The van der Waals surface area contributed by atoms with Crippen molar-refractivity contribution in [3.05, 3.63) is 0 Å². The molecule has 1 unspecified atom stereocenters. The normalized spacial score (nSPS) is 22.2. The number of ketones is 1. The van der Waals surface area contributed by atoms with Crippen molar-refractivity contribution in [2.45, 2.75) is 32.4 Å². The molecule has 0 radical (unpaired) electrons. The summed E-state index contributed by atoms with van der Waals surface area (Å²) in [6.07, 6.45) is 0. The molecule has 1 aliphatic rings. The van der Waals surface area contributed by atoms with E-state index in [1.165, 1.54) is 0 Å². The molecule has 0 saturated carbocycles. The monoisotopic (exact) mass is 214 g/mol. The van der Waals surface area contributed by atoms with Crippen LogP contribution >= 0.6 is 0 Å². The van der Waals surface area contributed by atoms with Crippen LogP contribution in [0.5, 0.6) is 0 Å². The molecule has 0 spiro atoms. The number of piperazine rings is 1. The van der Waals surface area contributed by atoms with Gasteiger partial charge in [0.15, 0.2) is 0 Å². The molecule has 2 N–H and O–H groups in total. The third kappa shape index (κ3) is 3.97. The minimum atomic E-state index is -0.760. The lowest BCUT2D eigenvalue weighted by molar-refractivity contribution is -0.163. The average Bonchev–Trinajstić information content (AvgIpc) is 2.15. The van der Waals surface area contributed by atoms with Gasteiger partial charge >= 0.3 is 5.97 Å². The largest absolute Gasteiger partial charge is 0.454 e. The number of carbonyl (C=O) groups is 2. The lowest BCUT2D eigenvalue weighted by atomic mass is 10.1. The molecule has 0 amide bonds. The number of Topliss-reactive ketones (excluding diaryl/α,β-unsaturated/α-hetero) is 1. The second-order valence-electron chi connectivity index (χ2n) is 4.58. The summed E-state index contributed by atoms with van der Waals surface area (Å²) in [6, 6.07) is -0.450. The predicted octanol–water partition coefficient (Wildman–Crippen LogP) is -0.541. The van der Waals surface area contributed by atoms with Crippen LogP contribution in [0.2, 0.25) is 0 Å². The van der Waals surface area contributed by atoms with Crippen molar-refractivity contribution >= 4 is 11.8 Å². The maximum atomic E-state index is 11.6. The summed E-state index contributed by atoms with van der Waals surface area (Å²) in [7, 11) is 0. The quantitative estimate of drug-likeness (QED) is 0.477. The standard InChI is InChI=1S/C10H18N2O3/c1-10(2,3)15-9(14)8(13)7-6-11-4-5-12-7/h7,11-12H,4-6H2,1-3H3. The van der Waals surface area contributed by atoms with Gasteiger partial charge in [-0.3, -0.25) is 4.79 Å². The molecule has 0 aliphatic carbocycles. The molecule has 5 nitrogen and oxygen atoms in total. The molecule has 5 heteroatoms. The molecule has 1 atom stereocenters. The van der Waals surface area contributed by atoms with Crippen molar-refractivity contribution in [2.75, 3.05) is 19.6 Å². The highest BCUT2D eigenvalue weighted by Crippen LogP contribution is 2.08. The van der Waals surface area contributed by atoms with Gasteiger partial charge in [0.1, 0.15) is 5.60 Å². The summed E-state index contributed by atoms with van der Waals surface area (Å²) in [6.45, 7) is 7.22. The van der Waals surface area contributed by atoms with Crippen molar-refractivity contribution in [2.24, 2.45) is 0 Å². The summed E-state index contributed by atoms with van der Waals surface area (Å²) in [5.74, 6) is -1.26. The van der Waals surface area contributed by atoms with Crippen LogP contribution in [-0.4, -0.2) is 43.0 Å². The van der Waals surface area contributed by atoms with Crippen LogP contribution in [0.15, 0.2) is 0 Å². The minimum absolute atomic E-state index is 0.450. The molecule has 86 valence electrons. The molecule has 1 aliphatic heterocycles. The van der Waals surface area contributed by atoms with Crippen LogP contribution in [-0.2, 0) is 14.3 Å². The number of ether oxygens (including phenoxy) is 1. The Morgan fingerprint density at radius 2 is 1.93 bits per heavy atom. The molecule has 0 aromatic rings. The SMILES string of the molecule is CC(C)(C)OC(=O)C(=O)C1CNCCN1. The highest BCUT2D eigenvalue weighted by atomic mass is 16.6. The Balaban J connectivity index is 2.48. The highest BCUT2D eigenvalue weighted by molar-refractivity contribution is 6.35. The maximum Gasteiger partial charge on any atom is 0.376 e. The van der Waals surface area contributed by atoms with Gasteiger partial charge in [0.05, 0.1) is 6.04 Å². The maximum absolute atomic E-state index is 11.6. The van der Waals surface area contributed by atoms with Crippen molar-refractivity contribution in [3.63, 3.8) is 0 Å². The number of hydrogen-bond donors (Lipinski definition) is 2. The second-order valence-corrected chi connectivity index (χ2v) is 4.58. The average molecular weight is 214 g/mol. The van der Waals surface area contributed by atoms with E-state index in [9.17, 15) is 9.59 Å². The number of rotatable bonds is 2. The van der Waals surface area contributed by atoms with Crippen LogP contribution in [0.1, 0.15) is 20.8 Å². The first-order chi connectivity index (χ1) is 6.90. The van der Waals surface area contributed by atoms with Crippen LogP contribution in [0.25, 0.3) is 0 Å². The first kappa shape index (κ1) is 12.1. The molecule has 15 heavy (non-hydrogen) atoms. The molecular formula is C10H18N2O3. The molecule has 0 bridgehead atoms. The lowest BCUT2D eigenvalue weighted by Crippen LogP contribution is -2.54. The Kier molecular flexibility index (Phi) is 3.82. The Morgan fingerprint density at radius 1 is 1.27 bits per heavy atom. The molecule has 1 saturated heterocycles. The Bertz CT molecular complexity index is 252. The van der Waals surface area contributed by atoms with Crippen LogP contribution < -0.4 is 10.6 Å². The van der Waals surface area contributed by atoms with E-state index in [1.54, 1.807) is 20.8 Å². The van der Waals surface area contributed by atoms with Gasteiger partial charge in [-0.2, -0.15) is 0 Å². The van der Waals surface area contributed by atoms with Gasteiger partial charge < -0.3 is 15.4 Å². The lowest BCUT2D eigenvalue weighted by Gasteiger charge is -2.24. The highest BCUT2D eigenvalue weighted by Gasteiger charge is 2.30. The third-order valence-electron chi connectivity index (χ3n) is 1.96. The first-order valence-electron chi connectivity index (χ1n) is 5.11. The fourth-order valence-electron chi connectivity index (χ4n) is 1.31.